The Balaban J connectivity index is 0.000000381. The molecule has 0 saturated heterocycles. The Morgan fingerprint density at radius 2 is 1.36 bits per heavy atom. The predicted octanol–water partition coefficient (Wildman–Crippen LogP) is 3.58. The van der Waals surface area contributed by atoms with Gasteiger partial charge in [-0.05, 0) is 43.7 Å². The van der Waals surface area contributed by atoms with Crippen LogP contribution < -0.4 is 5.26 Å². The van der Waals surface area contributed by atoms with Crippen LogP contribution in [0.2, 0.25) is 0 Å². The Labute approximate surface area is 216 Å². The maximum atomic E-state index is 11.8. The highest BCUT2D eigenvalue weighted by Crippen LogP contribution is 2.25. The standard InChI is InChI=1S/C13H19NO.C11H15NO7S2/c1-10-6-7-12(11(2)8-10)9-14(15)13(3,4)5;1-11(2,3)12(13)7-8-4-5-9(20-19-18-14)6-10(8)21(15,16)17/h6-9H,1-5H3;4-7,14H,1-3H3,(H,15,16,17)/p-2. The normalized spacial score (nSPS) is 13.3. The zero-order chi connectivity index (χ0) is 27.9. The fourth-order valence-corrected chi connectivity index (χ4v) is 3.70. The third kappa shape index (κ3) is 10.2. The van der Waals surface area contributed by atoms with E-state index >= 15 is 0 Å². The molecule has 0 aliphatic heterocycles. The molecule has 0 unspecified atom stereocenters. The van der Waals surface area contributed by atoms with Crippen molar-refractivity contribution in [2.45, 2.75) is 76.3 Å². The van der Waals surface area contributed by atoms with E-state index in [1.54, 1.807) is 27.0 Å². The highest BCUT2D eigenvalue weighted by atomic mass is 32.2. The first-order valence-corrected chi connectivity index (χ1v) is 12.9. The van der Waals surface area contributed by atoms with Crippen molar-refractivity contribution in [2.75, 3.05) is 0 Å². The molecule has 36 heavy (non-hydrogen) atoms. The van der Waals surface area contributed by atoms with Crippen molar-refractivity contribution >= 4 is 34.6 Å². The summed E-state index contributed by atoms with van der Waals surface area (Å²) in [5.74, 6) is 0. The molecule has 2 aromatic carbocycles. The van der Waals surface area contributed by atoms with Gasteiger partial charge in [0.1, 0.15) is 10.1 Å². The number of hydroxylamine groups is 2. The van der Waals surface area contributed by atoms with Gasteiger partial charge in [-0.3, -0.25) is 5.04 Å². The molecule has 2 rings (SSSR count). The van der Waals surface area contributed by atoms with E-state index in [4.69, 9.17) is 0 Å². The molecule has 10 nitrogen and oxygen atoms in total. The first kappa shape index (κ1) is 31.5. The number of nitrogens with zero attached hydrogens (tertiary/aromatic N) is 2. The molecule has 0 aromatic heterocycles. The lowest BCUT2D eigenvalue weighted by atomic mass is 10.1. The van der Waals surface area contributed by atoms with E-state index in [-0.39, 0.29) is 16.0 Å². The van der Waals surface area contributed by atoms with Crippen molar-refractivity contribution in [3.05, 3.63) is 69.1 Å². The minimum Gasteiger partial charge on any atom is -0.744 e. The lowest BCUT2D eigenvalue weighted by Gasteiger charge is -2.19. The second-order valence-corrected chi connectivity index (χ2v) is 12.1. The molecule has 0 spiro atoms. The van der Waals surface area contributed by atoms with Crippen molar-refractivity contribution in [1.82, 2.24) is 0 Å². The summed E-state index contributed by atoms with van der Waals surface area (Å²) in [5.41, 5.74) is 2.12. The Hall–Kier alpha value is -2.48. The molecular weight excluding hydrogens is 508 g/mol. The van der Waals surface area contributed by atoms with E-state index in [2.05, 4.69) is 22.4 Å². The lowest BCUT2D eigenvalue weighted by molar-refractivity contribution is -0.777. The molecule has 200 valence electrons. The molecule has 0 amide bonds. The number of benzene rings is 2. The van der Waals surface area contributed by atoms with E-state index < -0.39 is 20.6 Å². The van der Waals surface area contributed by atoms with Gasteiger partial charge in [-0.25, -0.2) is 17.9 Å². The van der Waals surface area contributed by atoms with Gasteiger partial charge in [-0.1, -0.05) is 17.7 Å². The van der Waals surface area contributed by atoms with E-state index in [0.717, 1.165) is 28.1 Å². The molecule has 2 aromatic rings. The summed E-state index contributed by atoms with van der Waals surface area (Å²) < 4.78 is 39.4. The van der Waals surface area contributed by atoms with E-state index in [9.17, 15) is 28.6 Å². The second-order valence-electron chi connectivity index (χ2n) is 9.98. The van der Waals surface area contributed by atoms with Crippen LogP contribution in [0.3, 0.4) is 0 Å². The molecule has 0 atom stereocenters. The van der Waals surface area contributed by atoms with Gasteiger partial charge in [0.25, 0.3) is 0 Å². The number of hydrogen-bond donors (Lipinski definition) is 0. The van der Waals surface area contributed by atoms with Crippen LogP contribution in [0.15, 0.2) is 46.2 Å². The third-order valence-electron chi connectivity index (χ3n) is 4.67. The Morgan fingerprint density at radius 1 is 0.861 bits per heavy atom. The summed E-state index contributed by atoms with van der Waals surface area (Å²) in [6, 6.07) is 9.73. The van der Waals surface area contributed by atoms with E-state index in [0.29, 0.717) is 16.8 Å². The SMILES string of the molecule is CC(C)(C)[N+]([O-])=Cc1ccc(SOO[O-])cc1S(=O)(=O)[O-].Cc1ccc(C=[N+]([O-])C(C)(C)C)c(C)c1. The Bertz CT molecular complexity index is 1210. The van der Waals surface area contributed by atoms with Crippen molar-refractivity contribution in [1.29, 1.82) is 0 Å². The van der Waals surface area contributed by atoms with Crippen molar-refractivity contribution < 1.29 is 37.1 Å². The van der Waals surface area contributed by atoms with Crippen molar-refractivity contribution in [3.8, 4) is 0 Å². The average molecular weight is 541 g/mol. The van der Waals surface area contributed by atoms with E-state index in [1.165, 1.54) is 17.7 Å². The van der Waals surface area contributed by atoms with Gasteiger partial charge >= 0.3 is 0 Å². The molecule has 0 aliphatic carbocycles. The minimum absolute atomic E-state index is 0.0534. The number of hydrogen-bond acceptors (Lipinski definition) is 9. The molecule has 0 bridgehead atoms. The van der Waals surface area contributed by atoms with Gasteiger partial charge in [0, 0.05) is 52.0 Å². The summed E-state index contributed by atoms with van der Waals surface area (Å²) in [6.45, 7) is 14.7. The molecule has 0 saturated carbocycles. The van der Waals surface area contributed by atoms with Crippen LogP contribution in [0.4, 0.5) is 0 Å². The zero-order valence-corrected chi connectivity index (χ0v) is 23.2. The summed E-state index contributed by atoms with van der Waals surface area (Å²) in [4.78, 5) is -0.433. The van der Waals surface area contributed by atoms with Crippen molar-refractivity contribution in [2.24, 2.45) is 0 Å². The fourth-order valence-electron chi connectivity index (χ4n) is 2.55. The van der Waals surface area contributed by atoms with Crippen LogP contribution in [0.25, 0.3) is 0 Å². The predicted molar refractivity (Wildman–Crippen MR) is 135 cm³/mol. The summed E-state index contributed by atoms with van der Waals surface area (Å²) in [5, 5.41) is 36.4. The molecule has 0 fully saturated rings. The molecule has 0 heterocycles. The molecule has 12 heteroatoms. The first-order valence-electron chi connectivity index (χ1n) is 10.8. The fraction of sp³-hybridized carbons (Fsp3) is 0.417. The van der Waals surface area contributed by atoms with Gasteiger partial charge in [-0.2, -0.15) is 4.33 Å². The third-order valence-corrected chi connectivity index (χ3v) is 6.13. The summed E-state index contributed by atoms with van der Waals surface area (Å²) in [6.07, 6.45) is 2.68. The van der Waals surface area contributed by atoms with Crippen LogP contribution in [0.1, 0.15) is 63.8 Å². The molecule has 0 N–H and O–H groups in total. The van der Waals surface area contributed by atoms with Crippen LogP contribution >= 0.6 is 12.0 Å². The molecule has 0 radical (unpaired) electrons. The maximum Gasteiger partial charge on any atom is 0.183 e. The van der Waals surface area contributed by atoms with Gasteiger partial charge in [0.2, 0.25) is 0 Å². The highest BCUT2D eigenvalue weighted by Gasteiger charge is 2.20. The number of aryl methyl sites for hydroxylation is 2. The Morgan fingerprint density at radius 3 is 1.81 bits per heavy atom. The minimum atomic E-state index is -4.81. The van der Waals surface area contributed by atoms with Gasteiger partial charge in [-0.15, -0.1) is 0 Å². The second kappa shape index (κ2) is 12.7. The van der Waals surface area contributed by atoms with Crippen LogP contribution in [0, 0.1) is 24.3 Å². The number of rotatable bonds is 6. The largest absolute Gasteiger partial charge is 0.744 e. The smallest absolute Gasteiger partial charge is 0.183 e. The summed E-state index contributed by atoms with van der Waals surface area (Å²) >= 11 is 0.440. The average Bonchev–Trinajstić information content (AvgIpc) is 2.73. The van der Waals surface area contributed by atoms with Crippen LogP contribution in [0.5, 0.6) is 0 Å². The van der Waals surface area contributed by atoms with E-state index in [1.807, 2.05) is 39.8 Å². The maximum absolute atomic E-state index is 11.8. The zero-order valence-electron chi connectivity index (χ0n) is 21.6. The lowest BCUT2D eigenvalue weighted by Crippen LogP contribution is -2.29. The molecule has 0 aliphatic rings. The Kier molecular flexibility index (Phi) is 11.1. The van der Waals surface area contributed by atoms with Gasteiger partial charge < -0.3 is 20.2 Å². The van der Waals surface area contributed by atoms with Crippen LogP contribution in [-0.4, -0.2) is 46.0 Å². The van der Waals surface area contributed by atoms with Gasteiger partial charge in [0.15, 0.2) is 23.5 Å². The molecular formula is C24H32N2O8S2-2. The van der Waals surface area contributed by atoms with Gasteiger partial charge in [0.05, 0.1) is 22.5 Å². The van der Waals surface area contributed by atoms with Crippen LogP contribution in [-0.2, 0) is 19.5 Å². The van der Waals surface area contributed by atoms with Crippen molar-refractivity contribution in [3.63, 3.8) is 0 Å². The topological polar surface area (TPSA) is 151 Å². The monoisotopic (exact) mass is 540 g/mol. The first-order chi connectivity index (χ1) is 16.4. The quantitative estimate of drug-likeness (QED) is 0.102. The highest BCUT2D eigenvalue weighted by molar-refractivity contribution is 7.94. The summed E-state index contributed by atoms with van der Waals surface area (Å²) in [7, 11) is -4.81.